The van der Waals surface area contributed by atoms with Gasteiger partial charge in [-0.15, -0.1) is 11.3 Å². The largest absolute Gasteiger partial charge is 0.417 e. The van der Waals surface area contributed by atoms with Crippen LogP contribution in [0.25, 0.3) is 20.9 Å². The van der Waals surface area contributed by atoms with Gasteiger partial charge in [0.05, 0.1) is 21.2 Å². The molecule has 0 atom stereocenters. The molecular weight excluding hydrogens is 433 g/mol. The second kappa shape index (κ2) is 7.04. The highest BCUT2D eigenvalue weighted by Crippen LogP contribution is 2.42. The molecule has 0 aliphatic rings. The molecule has 0 spiro atoms. The van der Waals surface area contributed by atoms with Crippen molar-refractivity contribution in [2.45, 2.75) is 12.4 Å². The minimum atomic E-state index is -4.61. The fraction of sp³-hybridized carbons (Fsp3) is 0.111. The van der Waals surface area contributed by atoms with Crippen molar-refractivity contribution in [3.63, 3.8) is 0 Å². The molecule has 0 bridgehead atoms. The zero-order chi connectivity index (χ0) is 20.0. The number of alkyl halides is 6. The van der Waals surface area contributed by atoms with Gasteiger partial charge >= 0.3 is 12.4 Å². The molecule has 142 valence electrons. The molecule has 0 saturated heterocycles. The summed E-state index contributed by atoms with van der Waals surface area (Å²) in [6.45, 7) is 0. The van der Waals surface area contributed by atoms with Crippen LogP contribution < -0.4 is 0 Å². The second-order valence-corrected chi connectivity index (χ2v) is 7.45. The highest BCUT2D eigenvalue weighted by molar-refractivity contribution is 7.18. The van der Waals surface area contributed by atoms with E-state index in [2.05, 4.69) is 0 Å². The van der Waals surface area contributed by atoms with Crippen molar-refractivity contribution in [3.8, 4) is 20.9 Å². The molecule has 3 rings (SSSR count). The summed E-state index contributed by atoms with van der Waals surface area (Å²) in [6, 6.07) is 10.1. The predicted molar refractivity (Wildman–Crippen MR) is 95.2 cm³/mol. The van der Waals surface area contributed by atoms with Gasteiger partial charge in [0.25, 0.3) is 0 Å². The first-order chi connectivity index (χ1) is 12.5. The molecular formula is C18H8Cl2F6S. The average molecular weight is 441 g/mol. The van der Waals surface area contributed by atoms with Crippen LogP contribution in [-0.4, -0.2) is 0 Å². The van der Waals surface area contributed by atoms with Gasteiger partial charge in [-0.1, -0.05) is 35.3 Å². The Hall–Kier alpha value is -1.70. The Morgan fingerprint density at radius 3 is 1.30 bits per heavy atom. The molecule has 0 fully saturated rings. The normalized spacial score (nSPS) is 12.4. The van der Waals surface area contributed by atoms with E-state index < -0.39 is 33.5 Å². The van der Waals surface area contributed by atoms with Crippen molar-refractivity contribution in [1.82, 2.24) is 0 Å². The Morgan fingerprint density at radius 1 is 0.593 bits per heavy atom. The van der Waals surface area contributed by atoms with Crippen LogP contribution in [0.15, 0.2) is 48.5 Å². The van der Waals surface area contributed by atoms with Crippen molar-refractivity contribution >= 4 is 34.5 Å². The molecule has 27 heavy (non-hydrogen) atoms. The summed E-state index contributed by atoms with van der Waals surface area (Å²) >= 11 is 12.3. The lowest BCUT2D eigenvalue weighted by atomic mass is 10.1. The number of halogens is 8. The Kier molecular flexibility index (Phi) is 5.22. The zero-order valence-corrected chi connectivity index (χ0v) is 15.4. The minimum absolute atomic E-state index is 0.271. The first-order valence-corrected chi connectivity index (χ1v) is 8.88. The van der Waals surface area contributed by atoms with E-state index in [1.165, 1.54) is 12.1 Å². The van der Waals surface area contributed by atoms with Gasteiger partial charge in [0, 0.05) is 9.75 Å². The van der Waals surface area contributed by atoms with Crippen molar-refractivity contribution < 1.29 is 26.3 Å². The third kappa shape index (κ3) is 4.25. The average Bonchev–Trinajstić information content (AvgIpc) is 3.03. The van der Waals surface area contributed by atoms with Crippen molar-refractivity contribution in [3.05, 3.63) is 69.7 Å². The fourth-order valence-electron chi connectivity index (χ4n) is 2.44. The van der Waals surface area contributed by atoms with Gasteiger partial charge in [-0.25, -0.2) is 0 Å². The summed E-state index contributed by atoms with van der Waals surface area (Å²) in [5.74, 6) is 0. The molecule has 0 N–H and O–H groups in total. The Labute approximate surface area is 164 Å². The van der Waals surface area contributed by atoms with Gasteiger partial charge < -0.3 is 0 Å². The third-order valence-corrected chi connectivity index (χ3v) is 5.56. The van der Waals surface area contributed by atoms with E-state index >= 15 is 0 Å². The minimum Gasteiger partial charge on any atom is -0.166 e. The number of benzene rings is 2. The molecule has 3 aromatic rings. The first-order valence-electron chi connectivity index (χ1n) is 7.31. The summed E-state index contributed by atoms with van der Waals surface area (Å²) in [4.78, 5) is 0.936. The van der Waals surface area contributed by atoms with E-state index in [0.29, 0.717) is 9.75 Å². The molecule has 0 nitrogen and oxygen atoms in total. The van der Waals surface area contributed by atoms with Crippen molar-refractivity contribution in [1.29, 1.82) is 0 Å². The molecule has 0 aliphatic carbocycles. The Morgan fingerprint density at radius 2 is 0.963 bits per heavy atom. The van der Waals surface area contributed by atoms with Crippen LogP contribution in [0.2, 0.25) is 10.0 Å². The third-order valence-electron chi connectivity index (χ3n) is 3.72. The van der Waals surface area contributed by atoms with Crippen molar-refractivity contribution in [2.24, 2.45) is 0 Å². The van der Waals surface area contributed by atoms with Crippen LogP contribution in [0.4, 0.5) is 26.3 Å². The molecule has 1 aromatic heterocycles. The number of hydrogen-bond donors (Lipinski definition) is 0. The van der Waals surface area contributed by atoms with Crippen LogP contribution >= 0.6 is 34.5 Å². The smallest absolute Gasteiger partial charge is 0.166 e. The van der Waals surface area contributed by atoms with Gasteiger partial charge in [-0.3, -0.25) is 0 Å². The maximum Gasteiger partial charge on any atom is 0.417 e. The van der Waals surface area contributed by atoms with E-state index in [9.17, 15) is 26.3 Å². The lowest BCUT2D eigenvalue weighted by Crippen LogP contribution is -2.05. The molecule has 0 aliphatic heterocycles. The van der Waals surface area contributed by atoms with E-state index in [1.54, 1.807) is 12.1 Å². The molecule has 9 heteroatoms. The van der Waals surface area contributed by atoms with Gasteiger partial charge in [0.15, 0.2) is 0 Å². The van der Waals surface area contributed by atoms with Crippen molar-refractivity contribution in [2.75, 3.05) is 0 Å². The van der Waals surface area contributed by atoms with Crippen LogP contribution in [-0.2, 0) is 12.4 Å². The fourth-order valence-corrected chi connectivity index (χ4v) is 3.89. The van der Waals surface area contributed by atoms with Gasteiger partial charge in [0.2, 0.25) is 0 Å². The van der Waals surface area contributed by atoms with Crippen LogP contribution in [0.3, 0.4) is 0 Å². The summed E-state index contributed by atoms with van der Waals surface area (Å²) in [7, 11) is 0. The van der Waals surface area contributed by atoms with Gasteiger partial charge in [0.1, 0.15) is 0 Å². The topological polar surface area (TPSA) is 0 Å². The maximum absolute atomic E-state index is 13.0. The molecule has 0 saturated carbocycles. The molecule has 1 heterocycles. The van der Waals surface area contributed by atoms with E-state index in [-0.39, 0.29) is 11.1 Å². The first kappa shape index (κ1) is 20.0. The Balaban J connectivity index is 2.02. The molecule has 2 aromatic carbocycles. The summed E-state index contributed by atoms with van der Waals surface area (Å²) in [5.41, 5.74) is -1.40. The highest BCUT2D eigenvalue weighted by atomic mass is 35.5. The lowest BCUT2D eigenvalue weighted by Gasteiger charge is -2.10. The molecule has 0 radical (unpaired) electrons. The number of rotatable bonds is 2. The number of thiophene rings is 1. The Bertz CT molecular complexity index is 910. The van der Waals surface area contributed by atoms with Crippen LogP contribution in [0, 0.1) is 0 Å². The molecule has 0 amide bonds. The summed E-state index contributed by atoms with van der Waals surface area (Å²) < 4.78 is 78.1. The zero-order valence-electron chi connectivity index (χ0n) is 13.1. The maximum atomic E-state index is 13.0. The van der Waals surface area contributed by atoms with Gasteiger partial charge in [-0.2, -0.15) is 26.3 Å². The second-order valence-electron chi connectivity index (χ2n) is 5.55. The standard InChI is InChI=1S/C18H8Cl2F6S/c19-13-3-1-9(7-11(13)17(21,22)23)15-5-6-16(27-15)10-2-4-14(20)12(8-10)18(24,25)26/h1-8H. The van der Waals surface area contributed by atoms with E-state index in [1.807, 2.05) is 0 Å². The van der Waals surface area contributed by atoms with E-state index in [0.717, 1.165) is 35.6 Å². The monoisotopic (exact) mass is 440 g/mol. The lowest BCUT2D eigenvalue weighted by molar-refractivity contribution is -0.138. The predicted octanol–water partition coefficient (Wildman–Crippen LogP) is 8.43. The van der Waals surface area contributed by atoms with Crippen LogP contribution in [0.5, 0.6) is 0 Å². The van der Waals surface area contributed by atoms with Gasteiger partial charge in [-0.05, 0) is 47.5 Å². The number of hydrogen-bond acceptors (Lipinski definition) is 1. The van der Waals surface area contributed by atoms with Crippen LogP contribution in [0.1, 0.15) is 11.1 Å². The summed E-state index contributed by atoms with van der Waals surface area (Å²) in [5, 5.41) is -0.842. The van der Waals surface area contributed by atoms with E-state index in [4.69, 9.17) is 23.2 Å². The SMILES string of the molecule is FC(F)(F)c1cc(-c2ccc(-c3ccc(Cl)c(C(F)(F)F)c3)s2)ccc1Cl. The highest BCUT2D eigenvalue weighted by Gasteiger charge is 2.34. The quantitative estimate of drug-likeness (QED) is 0.350. The molecule has 0 unspecified atom stereocenters. The summed E-state index contributed by atoms with van der Waals surface area (Å²) in [6.07, 6.45) is -9.21.